The Morgan fingerprint density at radius 3 is 2.42 bits per heavy atom. The molecule has 3 heterocycles. The number of ether oxygens (including phenoxy) is 1. The summed E-state index contributed by atoms with van der Waals surface area (Å²) in [6, 6.07) is 17.2. The molecule has 31 heavy (non-hydrogen) atoms. The molecule has 0 atom stereocenters. The van der Waals surface area contributed by atoms with Gasteiger partial charge in [-0.05, 0) is 54.2 Å². The minimum Gasteiger partial charge on any atom is -0.470 e. The van der Waals surface area contributed by atoms with Gasteiger partial charge in [0.2, 0.25) is 5.88 Å². The zero-order valence-electron chi connectivity index (χ0n) is 16.6. The summed E-state index contributed by atoms with van der Waals surface area (Å²) in [6.07, 6.45) is 2.38. The van der Waals surface area contributed by atoms with Crippen molar-refractivity contribution in [3.05, 3.63) is 70.2 Å². The van der Waals surface area contributed by atoms with Crippen molar-refractivity contribution >= 4 is 40.7 Å². The zero-order chi connectivity index (χ0) is 21.4. The molecule has 0 amide bonds. The predicted molar refractivity (Wildman–Crippen MR) is 128 cm³/mol. The van der Waals surface area contributed by atoms with Crippen LogP contribution in [0.15, 0.2) is 59.8 Å². The summed E-state index contributed by atoms with van der Waals surface area (Å²) in [7, 11) is 0. The number of hydrogen-bond donors (Lipinski definition) is 1. The molecule has 2 aliphatic heterocycles. The van der Waals surface area contributed by atoms with Gasteiger partial charge in [-0.15, -0.1) is 0 Å². The van der Waals surface area contributed by atoms with Crippen molar-refractivity contribution in [1.82, 2.24) is 4.98 Å². The lowest BCUT2D eigenvalue weighted by Gasteiger charge is -2.40. The fraction of sp³-hybridized carbons (Fsp3) is 0.250. The molecule has 7 heteroatoms. The first-order chi connectivity index (χ1) is 15.1. The minimum absolute atomic E-state index is 0.369. The molecular weight excluding hydrogens is 451 g/mol. The van der Waals surface area contributed by atoms with Crippen molar-refractivity contribution in [3.8, 4) is 28.3 Å². The van der Waals surface area contributed by atoms with Crippen molar-refractivity contribution in [2.75, 3.05) is 11.5 Å². The topological polar surface area (TPSA) is 54.7 Å². The highest BCUT2D eigenvalue weighted by Crippen LogP contribution is 2.44. The van der Waals surface area contributed by atoms with Crippen LogP contribution in [0, 0.1) is 0 Å². The molecule has 2 aromatic carbocycles. The molecule has 1 spiro atoms. The molecule has 0 unspecified atom stereocenters. The second-order valence-electron chi connectivity index (χ2n) is 7.84. The Hall–Kier alpha value is -2.21. The van der Waals surface area contributed by atoms with Crippen LogP contribution in [0.2, 0.25) is 10.0 Å². The molecule has 158 valence electrons. The van der Waals surface area contributed by atoms with E-state index in [1.54, 1.807) is 0 Å². The first-order valence-corrected chi connectivity index (χ1v) is 12.0. The lowest BCUT2D eigenvalue weighted by atomic mass is 9.85. The van der Waals surface area contributed by atoms with Crippen molar-refractivity contribution in [1.29, 1.82) is 0 Å². The van der Waals surface area contributed by atoms with Crippen LogP contribution >= 0.6 is 35.0 Å². The average molecular weight is 471 g/mol. The van der Waals surface area contributed by atoms with Crippen LogP contribution < -0.4 is 4.74 Å². The molecule has 5 rings (SSSR count). The molecule has 0 saturated carbocycles. The molecule has 4 nitrogen and oxygen atoms in total. The molecule has 0 bridgehead atoms. The Morgan fingerprint density at radius 2 is 1.71 bits per heavy atom. The van der Waals surface area contributed by atoms with Gasteiger partial charge in [0, 0.05) is 27.6 Å². The number of halogens is 2. The molecule has 3 aromatic rings. The molecule has 0 aliphatic carbocycles. The van der Waals surface area contributed by atoms with Gasteiger partial charge in [-0.3, -0.25) is 0 Å². The van der Waals surface area contributed by atoms with E-state index in [9.17, 15) is 5.21 Å². The summed E-state index contributed by atoms with van der Waals surface area (Å²) in [4.78, 5) is 4.95. The summed E-state index contributed by atoms with van der Waals surface area (Å²) < 4.78 is 6.52. The predicted octanol–water partition coefficient (Wildman–Crippen LogP) is 6.95. The van der Waals surface area contributed by atoms with Crippen LogP contribution in [0.3, 0.4) is 0 Å². The summed E-state index contributed by atoms with van der Waals surface area (Å²) in [5, 5.41) is 14.8. The SMILES string of the molecule is ON=C1CC2(CCSCC2)Oc2nc(-c3ccccc3Cl)c(-c3ccc(Cl)cc3)cc21. The fourth-order valence-electron chi connectivity index (χ4n) is 4.24. The number of fused-ring (bicyclic) bond motifs is 1. The highest BCUT2D eigenvalue weighted by atomic mass is 35.5. The molecule has 0 radical (unpaired) electrons. The quantitative estimate of drug-likeness (QED) is 0.325. The molecule has 1 N–H and O–H groups in total. The van der Waals surface area contributed by atoms with Gasteiger partial charge < -0.3 is 9.94 Å². The van der Waals surface area contributed by atoms with Crippen molar-refractivity contribution < 1.29 is 9.94 Å². The van der Waals surface area contributed by atoms with Crippen molar-refractivity contribution in [2.24, 2.45) is 5.16 Å². The maximum absolute atomic E-state index is 9.84. The Labute approximate surface area is 195 Å². The fourth-order valence-corrected chi connectivity index (χ4v) is 5.83. The van der Waals surface area contributed by atoms with Crippen LogP contribution in [0.5, 0.6) is 5.88 Å². The van der Waals surface area contributed by atoms with E-state index in [4.69, 9.17) is 32.9 Å². The summed E-state index contributed by atoms with van der Waals surface area (Å²) in [5.74, 6) is 2.54. The second kappa shape index (κ2) is 8.38. The summed E-state index contributed by atoms with van der Waals surface area (Å²) in [5.41, 5.74) is 4.33. The van der Waals surface area contributed by atoms with Crippen LogP contribution in [0.4, 0.5) is 0 Å². The van der Waals surface area contributed by atoms with Gasteiger partial charge in [-0.2, -0.15) is 11.8 Å². The number of nitrogens with zero attached hydrogens (tertiary/aromatic N) is 2. The van der Waals surface area contributed by atoms with E-state index in [0.29, 0.717) is 33.6 Å². The van der Waals surface area contributed by atoms with E-state index in [-0.39, 0.29) is 5.60 Å². The lowest BCUT2D eigenvalue weighted by molar-refractivity contribution is 0.0555. The number of benzene rings is 2. The summed E-state index contributed by atoms with van der Waals surface area (Å²) >= 11 is 14.6. The number of aromatic nitrogens is 1. The van der Waals surface area contributed by atoms with Crippen LogP contribution in [0.25, 0.3) is 22.4 Å². The monoisotopic (exact) mass is 470 g/mol. The van der Waals surface area contributed by atoms with E-state index < -0.39 is 0 Å². The third kappa shape index (κ3) is 3.91. The first-order valence-electron chi connectivity index (χ1n) is 10.1. The first kappa shape index (κ1) is 20.7. The van der Waals surface area contributed by atoms with E-state index in [1.165, 1.54) is 0 Å². The minimum atomic E-state index is -0.369. The van der Waals surface area contributed by atoms with E-state index in [2.05, 4.69) is 5.16 Å². The smallest absolute Gasteiger partial charge is 0.223 e. The largest absolute Gasteiger partial charge is 0.470 e. The van der Waals surface area contributed by atoms with Gasteiger partial charge in [0.1, 0.15) is 5.60 Å². The Bertz CT molecular complexity index is 1160. The Morgan fingerprint density at radius 1 is 0.968 bits per heavy atom. The van der Waals surface area contributed by atoms with Gasteiger partial charge in [-0.25, -0.2) is 4.98 Å². The zero-order valence-corrected chi connectivity index (χ0v) is 19.0. The Balaban J connectivity index is 1.73. The number of hydrogen-bond acceptors (Lipinski definition) is 5. The number of rotatable bonds is 2. The average Bonchev–Trinajstić information content (AvgIpc) is 2.79. The lowest BCUT2D eigenvalue weighted by Crippen LogP contribution is -2.45. The Kier molecular flexibility index (Phi) is 5.59. The van der Waals surface area contributed by atoms with E-state index >= 15 is 0 Å². The maximum Gasteiger partial charge on any atom is 0.223 e. The van der Waals surface area contributed by atoms with Crippen LogP contribution in [0.1, 0.15) is 24.8 Å². The molecular formula is C24H20Cl2N2O2S. The van der Waals surface area contributed by atoms with Crippen LogP contribution in [-0.4, -0.2) is 33.0 Å². The maximum atomic E-state index is 9.84. The third-order valence-electron chi connectivity index (χ3n) is 5.91. The number of oxime groups is 1. The molecule has 1 saturated heterocycles. The number of pyridine rings is 1. The highest BCUT2D eigenvalue weighted by molar-refractivity contribution is 7.99. The molecule has 2 aliphatic rings. The van der Waals surface area contributed by atoms with Crippen LogP contribution in [-0.2, 0) is 0 Å². The molecule has 1 fully saturated rings. The normalized spacial score (nSPS) is 18.6. The van der Waals surface area contributed by atoms with E-state index in [0.717, 1.165) is 46.7 Å². The van der Waals surface area contributed by atoms with Gasteiger partial charge in [-0.1, -0.05) is 58.7 Å². The van der Waals surface area contributed by atoms with Crippen molar-refractivity contribution in [2.45, 2.75) is 24.9 Å². The third-order valence-corrected chi connectivity index (χ3v) is 7.48. The number of thioether (sulfide) groups is 1. The van der Waals surface area contributed by atoms with E-state index in [1.807, 2.05) is 66.4 Å². The highest BCUT2D eigenvalue weighted by Gasteiger charge is 2.42. The standard InChI is InChI=1S/C24H20Cl2N2O2S/c25-16-7-5-15(6-8-16)18-13-19-21(28-29)14-24(9-11-31-12-10-24)30-23(19)27-22(18)17-3-1-2-4-20(17)26/h1-8,13,29H,9-12,14H2. The van der Waals surface area contributed by atoms with Crippen molar-refractivity contribution in [3.63, 3.8) is 0 Å². The van der Waals surface area contributed by atoms with Gasteiger partial charge >= 0.3 is 0 Å². The summed E-state index contributed by atoms with van der Waals surface area (Å²) in [6.45, 7) is 0. The second-order valence-corrected chi connectivity index (χ2v) is 9.91. The van der Waals surface area contributed by atoms with Gasteiger partial charge in [0.15, 0.2) is 0 Å². The van der Waals surface area contributed by atoms with Gasteiger partial charge in [0.25, 0.3) is 0 Å². The molecule has 1 aromatic heterocycles. The van der Waals surface area contributed by atoms with Gasteiger partial charge in [0.05, 0.1) is 17.0 Å².